The largest absolute Gasteiger partial charge is 0.309 e. The fourth-order valence-corrected chi connectivity index (χ4v) is 0.746. The molecule has 0 saturated heterocycles. The Hall–Kier alpha value is -1.89. The minimum Gasteiger partial charge on any atom is -0.309 e. The summed E-state index contributed by atoms with van der Waals surface area (Å²) in [7, 11) is 0. The molecule has 1 rings (SSSR count). The van der Waals surface area contributed by atoms with E-state index >= 15 is 0 Å². The highest BCUT2D eigenvalue weighted by Crippen LogP contribution is 1.89. The molecule has 0 aliphatic heterocycles. The molecule has 0 aliphatic carbocycles. The lowest BCUT2D eigenvalue weighted by Gasteiger charge is -1.93. The third-order valence-electron chi connectivity index (χ3n) is 1.36. The van der Waals surface area contributed by atoms with E-state index in [-0.39, 0.29) is 0 Å². The van der Waals surface area contributed by atoms with Crippen molar-refractivity contribution in [2.24, 2.45) is 5.10 Å². The monoisotopic (exact) mass is 174 g/mol. The predicted molar refractivity (Wildman–Crippen MR) is 50.1 cm³/mol. The lowest BCUT2D eigenvalue weighted by atomic mass is 10.3. The second-order valence-corrected chi connectivity index (χ2v) is 2.35. The van der Waals surface area contributed by atoms with E-state index in [1.165, 1.54) is 0 Å². The summed E-state index contributed by atoms with van der Waals surface area (Å²) in [5.41, 5.74) is 3.75. The molecule has 4 heteroatoms. The second kappa shape index (κ2) is 5.72. The molecule has 0 aliphatic rings. The summed E-state index contributed by atoms with van der Waals surface area (Å²) >= 11 is 0. The SMILES string of the molecule is N#CCCNN=Cc1ccncc1. The molecule has 0 fully saturated rings. The molecule has 0 amide bonds. The van der Waals surface area contributed by atoms with E-state index in [9.17, 15) is 0 Å². The van der Waals surface area contributed by atoms with Gasteiger partial charge in [0.1, 0.15) is 0 Å². The smallest absolute Gasteiger partial charge is 0.0640 e. The van der Waals surface area contributed by atoms with Gasteiger partial charge in [-0.15, -0.1) is 0 Å². The summed E-state index contributed by atoms with van der Waals surface area (Å²) < 4.78 is 0. The normalized spacial score (nSPS) is 9.77. The van der Waals surface area contributed by atoms with Gasteiger partial charge in [0, 0.05) is 18.9 Å². The molecule has 0 bridgehead atoms. The van der Waals surface area contributed by atoms with Crippen LogP contribution in [0.4, 0.5) is 0 Å². The number of aromatic nitrogens is 1. The minimum atomic E-state index is 0.466. The van der Waals surface area contributed by atoms with Gasteiger partial charge in [0.2, 0.25) is 0 Å². The first-order chi connectivity index (χ1) is 6.43. The molecule has 1 heterocycles. The Kier molecular flexibility index (Phi) is 4.05. The van der Waals surface area contributed by atoms with Gasteiger partial charge in [-0.25, -0.2) is 0 Å². The molecule has 0 radical (unpaired) electrons. The van der Waals surface area contributed by atoms with Crippen molar-refractivity contribution >= 4 is 6.21 Å². The van der Waals surface area contributed by atoms with Crippen molar-refractivity contribution in [3.63, 3.8) is 0 Å². The number of nitrogens with one attached hydrogen (secondary N) is 1. The van der Waals surface area contributed by atoms with Crippen LogP contribution in [0.25, 0.3) is 0 Å². The fourth-order valence-electron chi connectivity index (χ4n) is 0.746. The standard InChI is InChI=1S/C9H10N4/c10-4-1-5-12-13-8-9-2-6-11-7-3-9/h2-3,6-8,12H,1,5H2. The zero-order chi connectivity index (χ0) is 9.36. The molecule has 0 atom stereocenters. The number of nitriles is 1. The van der Waals surface area contributed by atoms with Crippen molar-refractivity contribution in [2.75, 3.05) is 6.54 Å². The zero-order valence-electron chi connectivity index (χ0n) is 7.14. The van der Waals surface area contributed by atoms with Crippen LogP contribution in [0.3, 0.4) is 0 Å². The first-order valence-corrected chi connectivity index (χ1v) is 3.96. The molecule has 1 N–H and O–H groups in total. The average Bonchev–Trinajstić information content (AvgIpc) is 2.19. The quantitative estimate of drug-likeness (QED) is 0.419. The Balaban J connectivity index is 2.29. The van der Waals surface area contributed by atoms with Crippen molar-refractivity contribution in [2.45, 2.75) is 6.42 Å². The van der Waals surface area contributed by atoms with Gasteiger partial charge in [-0.2, -0.15) is 10.4 Å². The summed E-state index contributed by atoms with van der Waals surface area (Å²) in [5.74, 6) is 0. The molecule has 0 unspecified atom stereocenters. The lowest BCUT2D eigenvalue weighted by Crippen LogP contribution is -2.06. The highest BCUT2D eigenvalue weighted by atomic mass is 15.3. The molecule has 1 aromatic rings. The van der Waals surface area contributed by atoms with Crippen LogP contribution in [0, 0.1) is 11.3 Å². The maximum absolute atomic E-state index is 8.23. The summed E-state index contributed by atoms with van der Waals surface area (Å²) in [5, 5.41) is 12.2. The van der Waals surface area contributed by atoms with Crippen LogP contribution in [-0.4, -0.2) is 17.7 Å². The fraction of sp³-hybridized carbons (Fsp3) is 0.222. The van der Waals surface area contributed by atoms with Gasteiger partial charge in [-0.1, -0.05) is 0 Å². The maximum atomic E-state index is 8.23. The Labute approximate surface area is 76.9 Å². The van der Waals surface area contributed by atoms with Crippen molar-refractivity contribution in [3.05, 3.63) is 30.1 Å². The molecule has 0 spiro atoms. The second-order valence-electron chi connectivity index (χ2n) is 2.35. The summed E-state index contributed by atoms with van der Waals surface area (Å²) in [6.45, 7) is 0.581. The number of hydrogen-bond acceptors (Lipinski definition) is 4. The van der Waals surface area contributed by atoms with E-state index in [1.807, 2.05) is 18.2 Å². The van der Waals surface area contributed by atoms with Gasteiger partial charge in [0.05, 0.1) is 18.7 Å². The van der Waals surface area contributed by atoms with E-state index in [1.54, 1.807) is 18.6 Å². The molecule has 1 aromatic heterocycles. The maximum Gasteiger partial charge on any atom is 0.0640 e. The number of hydrogen-bond donors (Lipinski definition) is 1. The van der Waals surface area contributed by atoms with Crippen LogP contribution < -0.4 is 5.43 Å². The topological polar surface area (TPSA) is 61.1 Å². The van der Waals surface area contributed by atoms with E-state index in [0.29, 0.717) is 13.0 Å². The lowest BCUT2D eigenvalue weighted by molar-refractivity contribution is 0.750. The van der Waals surface area contributed by atoms with E-state index < -0.39 is 0 Å². The summed E-state index contributed by atoms with van der Waals surface area (Å²) in [6, 6.07) is 5.73. The predicted octanol–water partition coefficient (Wildman–Crippen LogP) is 0.919. The van der Waals surface area contributed by atoms with Crippen molar-refractivity contribution < 1.29 is 0 Å². The third kappa shape index (κ3) is 3.87. The molecule has 0 saturated carbocycles. The zero-order valence-corrected chi connectivity index (χ0v) is 7.14. The molecular weight excluding hydrogens is 164 g/mol. The van der Waals surface area contributed by atoms with Crippen molar-refractivity contribution in [1.29, 1.82) is 5.26 Å². The van der Waals surface area contributed by atoms with Gasteiger partial charge in [0.25, 0.3) is 0 Å². The Morgan fingerprint density at radius 3 is 3.00 bits per heavy atom. The van der Waals surface area contributed by atoms with Crippen LogP contribution in [0.15, 0.2) is 29.6 Å². The van der Waals surface area contributed by atoms with Gasteiger partial charge in [-0.05, 0) is 17.7 Å². The van der Waals surface area contributed by atoms with Crippen molar-refractivity contribution in [1.82, 2.24) is 10.4 Å². The molecule has 66 valence electrons. The minimum absolute atomic E-state index is 0.466. The number of pyridine rings is 1. The third-order valence-corrected chi connectivity index (χ3v) is 1.36. The van der Waals surface area contributed by atoms with E-state index in [0.717, 1.165) is 5.56 Å². The first kappa shape index (κ1) is 9.20. The van der Waals surface area contributed by atoms with Gasteiger partial charge < -0.3 is 5.43 Å². The molecule has 0 aromatic carbocycles. The Morgan fingerprint density at radius 1 is 1.54 bits per heavy atom. The molecule has 13 heavy (non-hydrogen) atoms. The van der Waals surface area contributed by atoms with Gasteiger partial charge >= 0.3 is 0 Å². The number of rotatable bonds is 4. The first-order valence-electron chi connectivity index (χ1n) is 3.96. The Bertz CT molecular complexity index is 299. The van der Waals surface area contributed by atoms with Crippen molar-refractivity contribution in [3.8, 4) is 6.07 Å². The number of nitrogens with zero attached hydrogens (tertiary/aromatic N) is 3. The van der Waals surface area contributed by atoms with Crippen LogP contribution in [-0.2, 0) is 0 Å². The van der Waals surface area contributed by atoms with Crippen LogP contribution in [0.2, 0.25) is 0 Å². The summed E-state index contributed by atoms with van der Waals surface area (Å²) in [4.78, 5) is 3.88. The molecule has 4 nitrogen and oxygen atoms in total. The summed E-state index contributed by atoms with van der Waals surface area (Å²) in [6.07, 6.45) is 5.57. The Morgan fingerprint density at radius 2 is 2.31 bits per heavy atom. The van der Waals surface area contributed by atoms with Gasteiger partial charge in [0.15, 0.2) is 0 Å². The molecular formula is C9H10N4. The van der Waals surface area contributed by atoms with E-state index in [4.69, 9.17) is 5.26 Å². The van der Waals surface area contributed by atoms with Gasteiger partial charge in [-0.3, -0.25) is 4.98 Å². The van der Waals surface area contributed by atoms with Crippen LogP contribution in [0.1, 0.15) is 12.0 Å². The number of hydrazone groups is 1. The average molecular weight is 174 g/mol. The highest BCUT2D eigenvalue weighted by Gasteiger charge is 1.83. The highest BCUT2D eigenvalue weighted by molar-refractivity contribution is 5.78. The van der Waals surface area contributed by atoms with E-state index in [2.05, 4.69) is 15.5 Å². The van der Waals surface area contributed by atoms with Crippen LogP contribution >= 0.6 is 0 Å². The van der Waals surface area contributed by atoms with Crippen LogP contribution in [0.5, 0.6) is 0 Å².